The molecule has 20 heavy (non-hydrogen) atoms. The molecular weight excluding hydrogens is 326 g/mol. The van der Waals surface area contributed by atoms with E-state index in [9.17, 15) is 9.59 Å². The molecule has 1 amide bonds. The van der Waals surface area contributed by atoms with Crippen LogP contribution in [0.5, 0.6) is 0 Å². The minimum Gasteiger partial charge on any atom is -0.478 e. The molecule has 3 rings (SSSR count). The highest BCUT2D eigenvalue weighted by molar-refractivity contribution is 9.10. The fraction of sp³-hybridized carbons (Fsp3) is 0.143. The van der Waals surface area contributed by atoms with Gasteiger partial charge in [0.05, 0.1) is 5.56 Å². The fourth-order valence-electron chi connectivity index (χ4n) is 2.31. The number of benzene rings is 1. The Bertz CT molecular complexity index is 707. The van der Waals surface area contributed by atoms with Gasteiger partial charge >= 0.3 is 5.97 Å². The van der Waals surface area contributed by atoms with Crippen molar-refractivity contribution in [1.82, 2.24) is 0 Å². The van der Waals surface area contributed by atoms with Crippen molar-refractivity contribution < 1.29 is 19.1 Å². The second-order valence-corrected chi connectivity index (χ2v) is 5.24. The van der Waals surface area contributed by atoms with E-state index >= 15 is 0 Å². The first-order valence-corrected chi connectivity index (χ1v) is 6.79. The van der Waals surface area contributed by atoms with E-state index in [4.69, 9.17) is 9.52 Å². The Balaban J connectivity index is 1.93. The maximum atomic E-state index is 12.3. The van der Waals surface area contributed by atoms with Gasteiger partial charge < -0.3 is 14.4 Å². The number of rotatable bonds is 2. The third-order valence-corrected chi connectivity index (χ3v) is 3.68. The van der Waals surface area contributed by atoms with E-state index in [2.05, 4.69) is 15.9 Å². The highest BCUT2D eigenvalue weighted by Gasteiger charge is 2.28. The largest absolute Gasteiger partial charge is 0.478 e. The summed E-state index contributed by atoms with van der Waals surface area (Å²) in [4.78, 5) is 24.9. The predicted molar refractivity (Wildman–Crippen MR) is 75.2 cm³/mol. The first kappa shape index (κ1) is 12.9. The maximum absolute atomic E-state index is 12.3. The molecule has 0 saturated carbocycles. The zero-order chi connectivity index (χ0) is 14.3. The van der Waals surface area contributed by atoms with Gasteiger partial charge in [-0.15, -0.1) is 0 Å². The molecule has 0 spiro atoms. The summed E-state index contributed by atoms with van der Waals surface area (Å²) < 4.78 is 5.77. The zero-order valence-corrected chi connectivity index (χ0v) is 11.9. The average molecular weight is 336 g/mol. The number of carboxylic acid groups (broad SMARTS) is 1. The number of nitrogens with zero attached hydrogens (tertiary/aromatic N) is 1. The number of carbonyl (C=O) groups is 2. The van der Waals surface area contributed by atoms with Crippen molar-refractivity contribution in [2.45, 2.75) is 6.42 Å². The van der Waals surface area contributed by atoms with Gasteiger partial charge in [0, 0.05) is 12.2 Å². The van der Waals surface area contributed by atoms with Crippen LogP contribution < -0.4 is 4.90 Å². The summed E-state index contributed by atoms with van der Waals surface area (Å²) in [6, 6.07) is 8.06. The molecule has 2 aromatic rings. The van der Waals surface area contributed by atoms with Crippen LogP contribution >= 0.6 is 15.9 Å². The minimum absolute atomic E-state index is 0.225. The smallest absolute Gasteiger partial charge is 0.335 e. The predicted octanol–water partition coefficient (Wildman–Crippen LogP) is 2.94. The van der Waals surface area contributed by atoms with Crippen molar-refractivity contribution in [3.8, 4) is 0 Å². The van der Waals surface area contributed by atoms with E-state index in [1.54, 1.807) is 29.2 Å². The third-order valence-electron chi connectivity index (χ3n) is 3.25. The van der Waals surface area contributed by atoms with Gasteiger partial charge in [-0.25, -0.2) is 4.79 Å². The Hall–Kier alpha value is -2.08. The topological polar surface area (TPSA) is 70.8 Å². The monoisotopic (exact) mass is 335 g/mol. The molecular formula is C14H10BrNO4. The number of hydrogen-bond donors (Lipinski definition) is 1. The lowest BCUT2D eigenvalue weighted by atomic mass is 10.1. The van der Waals surface area contributed by atoms with Crippen LogP contribution in [0, 0.1) is 0 Å². The van der Waals surface area contributed by atoms with Crippen LogP contribution in [0.4, 0.5) is 5.69 Å². The van der Waals surface area contributed by atoms with Gasteiger partial charge in [-0.3, -0.25) is 4.79 Å². The van der Waals surface area contributed by atoms with Crippen molar-refractivity contribution >= 4 is 33.5 Å². The van der Waals surface area contributed by atoms with Gasteiger partial charge in [0.1, 0.15) is 0 Å². The first-order chi connectivity index (χ1) is 9.56. The Kier molecular flexibility index (Phi) is 3.10. The molecule has 1 aliphatic heterocycles. The van der Waals surface area contributed by atoms with Crippen LogP contribution in [0.2, 0.25) is 0 Å². The fourth-order valence-corrected chi connectivity index (χ4v) is 2.61. The van der Waals surface area contributed by atoms with Crippen molar-refractivity contribution in [1.29, 1.82) is 0 Å². The van der Waals surface area contributed by atoms with Gasteiger partial charge in [-0.1, -0.05) is 0 Å². The van der Waals surface area contributed by atoms with Crippen LogP contribution in [0.1, 0.15) is 26.5 Å². The van der Waals surface area contributed by atoms with Gasteiger partial charge in [-0.05, 0) is 58.2 Å². The number of carboxylic acids is 1. The molecule has 0 bridgehead atoms. The van der Waals surface area contributed by atoms with Crippen LogP contribution in [-0.2, 0) is 6.42 Å². The van der Waals surface area contributed by atoms with Crippen LogP contribution in [0.3, 0.4) is 0 Å². The Morgan fingerprint density at radius 1 is 1.25 bits per heavy atom. The molecule has 0 unspecified atom stereocenters. The lowest BCUT2D eigenvalue weighted by molar-refractivity contribution is 0.0696. The highest BCUT2D eigenvalue weighted by Crippen LogP contribution is 2.30. The van der Waals surface area contributed by atoms with Crippen molar-refractivity contribution in [2.75, 3.05) is 11.4 Å². The molecule has 1 aromatic heterocycles. The lowest BCUT2D eigenvalue weighted by Gasteiger charge is -2.15. The van der Waals surface area contributed by atoms with E-state index in [1.165, 1.54) is 6.07 Å². The summed E-state index contributed by atoms with van der Waals surface area (Å²) in [7, 11) is 0. The summed E-state index contributed by atoms with van der Waals surface area (Å²) in [5, 5.41) is 8.97. The molecule has 1 N–H and O–H groups in total. The summed E-state index contributed by atoms with van der Waals surface area (Å²) in [6.45, 7) is 0.523. The standard InChI is InChI=1S/C14H10BrNO4/c15-12-4-3-11(20-12)13(17)16-6-5-8-7-9(14(18)19)1-2-10(8)16/h1-4,7H,5-6H2,(H,18,19). The second kappa shape index (κ2) is 4.79. The van der Waals surface area contributed by atoms with Gasteiger partial charge in [0.2, 0.25) is 0 Å². The molecule has 102 valence electrons. The average Bonchev–Trinajstić information content (AvgIpc) is 3.03. The summed E-state index contributed by atoms with van der Waals surface area (Å²) in [5.41, 5.74) is 1.84. The van der Waals surface area contributed by atoms with E-state index in [1.807, 2.05) is 0 Å². The summed E-state index contributed by atoms with van der Waals surface area (Å²) in [5.74, 6) is -0.933. The molecule has 0 atom stereocenters. The normalized spacial score (nSPS) is 13.3. The van der Waals surface area contributed by atoms with Gasteiger partial charge in [-0.2, -0.15) is 0 Å². The molecule has 0 aliphatic carbocycles. The zero-order valence-electron chi connectivity index (χ0n) is 10.3. The molecule has 0 radical (unpaired) electrons. The van der Waals surface area contributed by atoms with E-state index in [0.29, 0.717) is 17.6 Å². The minimum atomic E-state index is -0.965. The lowest BCUT2D eigenvalue weighted by Crippen LogP contribution is -2.28. The number of halogens is 1. The maximum Gasteiger partial charge on any atom is 0.335 e. The number of anilines is 1. The van der Waals surface area contributed by atoms with E-state index in [-0.39, 0.29) is 17.2 Å². The number of furan rings is 1. The number of aromatic carboxylic acids is 1. The van der Waals surface area contributed by atoms with Crippen LogP contribution in [0.25, 0.3) is 0 Å². The van der Waals surface area contributed by atoms with Crippen LogP contribution in [-0.4, -0.2) is 23.5 Å². The number of fused-ring (bicyclic) bond motifs is 1. The Labute approximate surface area is 122 Å². The number of hydrogen-bond acceptors (Lipinski definition) is 3. The summed E-state index contributed by atoms with van der Waals surface area (Å²) in [6.07, 6.45) is 0.643. The SMILES string of the molecule is O=C(O)c1ccc2c(c1)CCN2C(=O)c1ccc(Br)o1. The third kappa shape index (κ3) is 2.12. The summed E-state index contributed by atoms with van der Waals surface area (Å²) >= 11 is 3.16. The van der Waals surface area contributed by atoms with E-state index < -0.39 is 5.97 Å². The Morgan fingerprint density at radius 3 is 2.70 bits per heavy atom. The molecule has 0 saturated heterocycles. The van der Waals surface area contributed by atoms with Gasteiger partial charge in [0.15, 0.2) is 10.4 Å². The first-order valence-electron chi connectivity index (χ1n) is 5.99. The number of amides is 1. The molecule has 0 fully saturated rings. The highest BCUT2D eigenvalue weighted by atomic mass is 79.9. The molecule has 5 nitrogen and oxygen atoms in total. The van der Waals surface area contributed by atoms with Crippen molar-refractivity contribution in [2.24, 2.45) is 0 Å². The number of carbonyl (C=O) groups excluding carboxylic acids is 1. The second-order valence-electron chi connectivity index (χ2n) is 4.46. The Morgan fingerprint density at radius 2 is 2.05 bits per heavy atom. The molecule has 1 aliphatic rings. The van der Waals surface area contributed by atoms with E-state index in [0.717, 1.165) is 11.3 Å². The van der Waals surface area contributed by atoms with Crippen molar-refractivity contribution in [3.63, 3.8) is 0 Å². The molecule has 1 aromatic carbocycles. The quantitative estimate of drug-likeness (QED) is 0.915. The van der Waals surface area contributed by atoms with Crippen molar-refractivity contribution in [3.05, 3.63) is 51.9 Å². The van der Waals surface area contributed by atoms with Crippen LogP contribution in [0.15, 0.2) is 39.4 Å². The molecule has 6 heteroatoms. The molecule has 2 heterocycles. The van der Waals surface area contributed by atoms with Gasteiger partial charge in [0.25, 0.3) is 5.91 Å².